The third kappa shape index (κ3) is 2.32. The van der Waals surface area contributed by atoms with Gasteiger partial charge in [0.2, 0.25) is 5.88 Å². The lowest BCUT2D eigenvalue weighted by molar-refractivity contribution is 0.415. The lowest BCUT2D eigenvalue weighted by Crippen LogP contribution is -2.18. The van der Waals surface area contributed by atoms with Gasteiger partial charge in [-0.05, 0) is 43.3 Å². The van der Waals surface area contributed by atoms with E-state index in [0.29, 0.717) is 10.8 Å². The molecule has 0 radical (unpaired) electrons. The van der Waals surface area contributed by atoms with E-state index in [4.69, 9.17) is 9.15 Å². The van der Waals surface area contributed by atoms with Crippen LogP contribution in [0.2, 0.25) is 0 Å². The third-order valence-electron chi connectivity index (χ3n) is 4.80. The Labute approximate surface area is 159 Å². The van der Waals surface area contributed by atoms with E-state index in [-0.39, 0.29) is 0 Å². The van der Waals surface area contributed by atoms with Crippen LogP contribution in [0.5, 0.6) is 5.75 Å². The van der Waals surface area contributed by atoms with Crippen molar-refractivity contribution in [1.29, 1.82) is 0 Å². The molecule has 1 atom stereocenters. The summed E-state index contributed by atoms with van der Waals surface area (Å²) < 4.78 is 25.2. The smallest absolute Gasteiger partial charge is 0.222 e. The number of nitrogens with zero attached hydrogens (tertiary/aromatic N) is 1. The predicted octanol–water partition coefficient (Wildman–Crippen LogP) is 5.70. The molecule has 2 heterocycles. The number of fused-ring (bicyclic) bond motifs is 4. The molecule has 0 spiro atoms. The van der Waals surface area contributed by atoms with Gasteiger partial charge in [-0.25, -0.2) is 4.21 Å². The number of aryl methyl sites for hydroxylation is 1. The van der Waals surface area contributed by atoms with Crippen LogP contribution in [0.1, 0.15) is 5.56 Å². The summed E-state index contributed by atoms with van der Waals surface area (Å²) in [5.41, 5.74) is 3.52. The molecule has 5 rings (SSSR count). The SMILES string of the molecule is COc1ccccc1N1c2ccccc2S(=O)c2c1oc1ccc(C)cc21. The fraction of sp³-hybridized carbons (Fsp3) is 0.0909. The Hall–Kier alpha value is -3.05. The third-order valence-corrected chi connectivity index (χ3v) is 6.31. The molecule has 134 valence electrons. The summed E-state index contributed by atoms with van der Waals surface area (Å²) >= 11 is 0. The molecular formula is C22H17NO3S. The van der Waals surface area contributed by atoms with Crippen LogP contribution in [0.15, 0.2) is 80.9 Å². The number of hydrogen-bond donors (Lipinski definition) is 0. The van der Waals surface area contributed by atoms with Gasteiger partial charge in [0.1, 0.15) is 16.2 Å². The van der Waals surface area contributed by atoms with Gasteiger partial charge < -0.3 is 9.15 Å². The van der Waals surface area contributed by atoms with Crippen LogP contribution in [-0.2, 0) is 10.8 Å². The normalized spacial score (nSPS) is 15.5. The maximum absolute atomic E-state index is 13.4. The van der Waals surface area contributed by atoms with Crippen molar-refractivity contribution < 1.29 is 13.4 Å². The molecule has 1 aromatic heterocycles. The largest absolute Gasteiger partial charge is 0.495 e. The van der Waals surface area contributed by atoms with Gasteiger partial charge in [0.15, 0.2) is 0 Å². The Kier molecular flexibility index (Phi) is 3.58. The highest BCUT2D eigenvalue weighted by atomic mass is 32.2. The molecule has 4 nitrogen and oxygen atoms in total. The minimum atomic E-state index is -1.32. The van der Waals surface area contributed by atoms with Crippen LogP contribution in [0.4, 0.5) is 17.3 Å². The molecule has 0 fully saturated rings. The highest BCUT2D eigenvalue weighted by molar-refractivity contribution is 7.85. The van der Waals surface area contributed by atoms with Crippen LogP contribution in [0, 0.1) is 6.92 Å². The maximum atomic E-state index is 13.4. The van der Waals surface area contributed by atoms with Gasteiger partial charge in [0.25, 0.3) is 0 Å². The number of ether oxygens (including phenoxy) is 1. The fourth-order valence-electron chi connectivity index (χ4n) is 3.57. The number of anilines is 3. The van der Waals surface area contributed by atoms with Gasteiger partial charge in [-0.15, -0.1) is 0 Å². The van der Waals surface area contributed by atoms with E-state index in [1.54, 1.807) is 7.11 Å². The predicted molar refractivity (Wildman–Crippen MR) is 107 cm³/mol. The van der Waals surface area contributed by atoms with Gasteiger partial charge >= 0.3 is 0 Å². The number of benzene rings is 3. The lowest BCUT2D eigenvalue weighted by Gasteiger charge is -2.30. The maximum Gasteiger partial charge on any atom is 0.222 e. The fourth-order valence-corrected chi connectivity index (χ4v) is 5.00. The first-order valence-corrected chi connectivity index (χ1v) is 9.81. The zero-order valence-corrected chi connectivity index (χ0v) is 15.7. The van der Waals surface area contributed by atoms with E-state index in [1.165, 1.54) is 0 Å². The van der Waals surface area contributed by atoms with E-state index in [2.05, 4.69) is 0 Å². The molecule has 5 heteroatoms. The van der Waals surface area contributed by atoms with Gasteiger partial charge in [0, 0.05) is 5.39 Å². The average molecular weight is 375 g/mol. The van der Waals surface area contributed by atoms with E-state index >= 15 is 0 Å². The number of furan rings is 1. The van der Waals surface area contributed by atoms with Crippen molar-refractivity contribution in [3.63, 3.8) is 0 Å². The first-order valence-electron chi connectivity index (χ1n) is 8.66. The van der Waals surface area contributed by atoms with Crippen LogP contribution >= 0.6 is 0 Å². The first-order chi connectivity index (χ1) is 13.2. The molecule has 0 saturated heterocycles. The second-order valence-electron chi connectivity index (χ2n) is 6.48. The molecule has 0 amide bonds. The van der Waals surface area contributed by atoms with Gasteiger partial charge in [-0.3, -0.25) is 4.90 Å². The quantitative estimate of drug-likeness (QED) is 0.397. The van der Waals surface area contributed by atoms with Crippen molar-refractivity contribution in [3.8, 4) is 5.75 Å². The highest BCUT2D eigenvalue weighted by Gasteiger charge is 2.35. The molecular weight excluding hydrogens is 358 g/mol. The van der Waals surface area contributed by atoms with Gasteiger partial charge in [0.05, 0.1) is 34.2 Å². The Morgan fingerprint density at radius 1 is 0.963 bits per heavy atom. The van der Waals surface area contributed by atoms with Crippen molar-refractivity contribution in [3.05, 3.63) is 72.3 Å². The van der Waals surface area contributed by atoms with Crippen molar-refractivity contribution in [1.82, 2.24) is 0 Å². The summed E-state index contributed by atoms with van der Waals surface area (Å²) in [5, 5.41) is 0.887. The van der Waals surface area contributed by atoms with Crippen molar-refractivity contribution >= 4 is 39.0 Å². The molecule has 0 bridgehead atoms. The number of rotatable bonds is 2. The van der Waals surface area contributed by atoms with Crippen LogP contribution in [-0.4, -0.2) is 11.3 Å². The van der Waals surface area contributed by atoms with Crippen molar-refractivity contribution in [2.24, 2.45) is 0 Å². The van der Waals surface area contributed by atoms with E-state index in [0.717, 1.165) is 38.6 Å². The molecule has 0 saturated carbocycles. The Bertz CT molecular complexity index is 1210. The highest BCUT2D eigenvalue weighted by Crippen LogP contribution is 2.51. The summed E-state index contributed by atoms with van der Waals surface area (Å²) in [6.07, 6.45) is 0. The minimum absolute atomic E-state index is 0.581. The summed E-state index contributed by atoms with van der Waals surface area (Å²) in [5.74, 6) is 1.31. The van der Waals surface area contributed by atoms with Crippen LogP contribution < -0.4 is 9.64 Å². The van der Waals surface area contributed by atoms with Crippen molar-refractivity contribution in [2.45, 2.75) is 16.7 Å². The Morgan fingerprint density at radius 3 is 2.52 bits per heavy atom. The summed E-state index contributed by atoms with van der Waals surface area (Å²) in [4.78, 5) is 3.47. The number of methoxy groups -OCH3 is 1. The zero-order valence-electron chi connectivity index (χ0n) is 14.9. The average Bonchev–Trinajstić information content (AvgIpc) is 3.07. The zero-order chi connectivity index (χ0) is 18.5. The number of para-hydroxylation sites is 3. The molecule has 0 N–H and O–H groups in total. The van der Waals surface area contributed by atoms with E-state index in [1.807, 2.05) is 78.6 Å². The second-order valence-corrected chi connectivity index (χ2v) is 7.87. The van der Waals surface area contributed by atoms with E-state index < -0.39 is 10.8 Å². The molecule has 4 aromatic rings. The lowest BCUT2D eigenvalue weighted by atomic mass is 10.2. The van der Waals surface area contributed by atoms with Crippen LogP contribution in [0.3, 0.4) is 0 Å². The standard InChI is InChI=1S/C22H17NO3S/c1-14-11-12-18-15(13-14)21-22(26-18)23(16-7-3-5-9-19(16)25-2)17-8-4-6-10-20(17)27(21)24/h3-13H,1-2H3. The van der Waals surface area contributed by atoms with Crippen LogP contribution in [0.25, 0.3) is 11.0 Å². The summed E-state index contributed by atoms with van der Waals surface area (Å²) in [6, 6.07) is 21.5. The van der Waals surface area contributed by atoms with Gasteiger partial charge in [-0.2, -0.15) is 0 Å². The summed E-state index contributed by atoms with van der Waals surface area (Å²) in [7, 11) is 0.327. The molecule has 1 aliphatic heterocycles. The minimum Gasteiger partial charge on any atom is -0.495 e. The molecule has 1 aliphatic rings. The molecule has 0 aliphatic carbocycles. The molecule has 1 unspecified atom stereocenters. The topological polar surface area (TPSA) is 42.7 Å². The number of hydrogen-bond acceptors (Lipinski definition) is 4. The summed E-state index contributed by atoms with van der Waals surface area (Å²) in [6.45, 7) is 2.02. The Balaban J connectivity index is 1.88. The monoisotopic (exact) mass is 375 g/mol. The first kappa shape index (κ1) is 16.1. The second kappa shape index (κ2) is 5.99. The molecule has 27 heavy (non-hydrogen) atoms. The molecule has 3 aromatic carbocycles. The van der Waals surface area contributed by atoms with E-state index in [9.17, 15) is 4.21 Å². The van der Waals surface area contributed by atoms with Crippen molar-refractivity contribution in [2.75, 3.05) is 12.0 Å². The Morgan fingerprint density at radius 2 is 1.70 bits per heavy atom. The van der Waals surface area contributed by atoms with Gasteiger partial charge in [-0.1, -0.05) is 35.9 Å².